The number of anilines is 1. The minimum absolute atomic E-state index is 0.342. The molecule has 0 spiro atoms. The topological polar surface area (TPSA) is 24.4 Å². The van der Waals surface area contributed by atoms with E-state index in [0.717, 1.165) is 40.0 Å². The average molecular weight is 311 g/mol. The number of benzodiazepines with no additional fused rings is 1. The van der Waals surface area contributed by atoms with Crippen LogP contribution >= 0.6 is 11.6 Å². The first kappa shape index (κ1) is 13.8. The lowest BCUT2D eigenvalue weighted by atomic mass is 10.0. The molecular formula is C19H19ClN2. The van der Waals surface area contributed by atoms with Crippen LogP contribution in [0.15, 0.2) is 53.5 Å². The van der Waals surface area contributed by atoms with Crippen LogP contribution in [0.2, 0.25) is 5.02 Å². The van der Waals surface area contributed by atoms with Crippen LogP contribution in [0, 0.1) is 5.92 Å². The van der Waals surface area contributed by atoms with Crippen LogP contribution in [0.5, 0.6) is 0 Å². The molecule has 1 heterocycles. The maximum absolute atomic E-state index is 6.23. The molecule has 1 N–H and O–H groups in total. The van der Waals surface area contributed by atoms with E-state index in [1.807, 2.05) is 18.2 Å². The zero-order valence-electron chi connectivity index (χ0n) is 12.4. The molecule has 0 radical (unpaired) electrons. The summed E-state index contributed by atoms with van der Waals surface area (Å²) in [4.78, 5) is 5.10. The summed E-state index contributed by atoms with van der Waals surface area (Å²) >= 11 is 6.23. The number of rotatable bonds is 3. The Morgan fingerprint density at radius 2 is 1.91 bits per heavy atom. The van der Waals surface area contributed by atoms with Gasteiger partial charge in [-0.2, -0.15) is 0 Å². The molecule has 1 atom stereocenters. The molecule has 3 heteroatoms. The van der Waals surface area contributed by atoms with Gasteiger partial charge in [0.25, 0.3) is 0 Å². The van der Waals surface area contributed by atoms with Crippen molar-refractivity contribution < 1.29 is 0 Å². The van der Waals surface area contributed by atoms with Crippen LogP contribution in [-0.4, -0.2) is 18.3 Å². The Kier molecular flexibility index (Phi) is 3.63. The van der Waals surface area contributed by atoms with Crippen molar-refractivity contribution in [3.63, 3.8) is 0 Å². The lowest BCUT2D eigenvalue weighted by molar-refractivity contribution is 0.594. The third-order valence-electron chi connectivity index (χ3n) is 4.43. The Morgan fingerprint density at radius 1 is 1.09 bits per heavy atom. The number of nitrogens with zero attached hydrogens (tertiary/aromatic N) is 1. The SMILES string of the molecule is Clc1ccc2c(c1)C(c1ccccc1)=N[C@@H](CC1CC1)CN2. The standard InChI is InChI=1S/C19H19ClN2/c20-15-8-9-18-17(11-15)19(14-4-2-1-3-5-14)22-16(12-21-18)10-13-6-7-13/h1-5,8-9,11,13,16,21H,6-7,10,12H2/t16-/m0/s1. The third kappa shape index (κ3) is 2.89. The monoisotopic (exact) mass is 310 g/mol. The fourth-order valence-corrected chi connectivity index (χ4v) is 3.26. The molecule has 2 nitrogen and oxygen atoms in total. The number of aliphatic imine (C=N–C) groups is 1. The maximum atomic E-state index is 6.23. The number of halogens is 1. The Hall–Kier alpha value is -1.80. The van der Waals surface area contributed by atoms with Crippen LogP contribution in [0.25, 0.3) is 0 Å². The normalized spacial score (nSPS) is 20.6. The predicted octanol–water partition coefficient (Wildman–Crippen LogP) is 4.77. The largest absolute Gasteiger partial charge is 0.382 e. The van der Waals surface area contributed by atoms with Crippen molar-refractivity contribution in [2.45, 2.75) is 25.3 Å². The zero-order valence-corrected chi connectivity index (χ0v) is 13.2. The van der Waals surface area contributed by atoms with E-state index in [-0.39, 0.29) is 0 Å². The summed E-state index contributed by atoms with van der Waals surface area (Å²) in [6.07, 6.45) is 3.92. The van der Waals surface area contributed by atoms with E-state index in [0.29, 0.717) is 6.04 Å². The van der Waals surface area contributed by atoms with Crippen LogP contribution in [0.1, 0.15) is 30.4 Å². The Bertz CT molecular complexity index is 705. The predicted molar refractivity (Wildman–Crippen MR) is 93.2 cm³/mol. The molecule has 2 aromatic carbocycles. The second-order valence-corrected chi connectivity index (χ2v) is 6.68. The molecule has 0 aromatic heterocycles. The molecule has 0 amide bonds. The van der Waals surface area contributed by atoms with E-state index in [9.17, 15) is 0 Å². The van der Waals surface area contributed by atoms with Crippen LogP contribution in [0.4, 0.5) is 5.69 Å². The van der Waals surface area contributed by atoms with Crippen molar-refractivity contribution in [2.24, 2.45) is 10.9 Å². The highest BCUT2D eigenvalue weighted by Crippen LogP contribution is 2.36. The lowest BCUT2D eigenvalue weighted by Gasteiger charge is -2.11. The van der Waals surface area contributed by atoms with Gasteiger partial charge >= 0.3 is 0 Å². The van der Waals surface area contributed by atoms with Crippen LogP contribution < -0.4 is 5.32 Å². The molecule has 2 aromatic rings. The summed E-state index contributed by atoms with van der Waals surface area (Å²) in [6, 6.07) is 16.8. The second kappa shape index (κ2) is 5.77. The number of hydrogen-bond donors (Lipinski definition) is 1. The molecule has 1 saturated carbocycles. The van der Waals surface area contributed by atoms with E-state index in [4.69, 9.17) is 16.6 Å². The van der Waals surface area contributed by atoms with E-state index < -0.39 is 0 Å². The average Bonchev–Trinajstić information content (AvgIpc) is 3.36. The first-order valence-electron chi connectivity index (χ1n) is 7.96. The van der Waals surface area contributed by atoms with Gasteiger partial charge in [0, 0.05) is 28.4 Å². The first-order valence-corrected chi connectivity index (χ1v) is 8.34. The van der Waals surface area contributed by atoms with Crippen LogP contribution in [0.3, 0.4) is 0 Å². The van der Waals surface area contributed by atoms with Gasteiger partial charge in [0.05, 0.1) is 11.8 Å². The van der Waals surface area contributed by atoms with Gasteiger partial charge in [-0.1, -0.05) is 54.8 Å². The highest BCUT2D eigenvalue weighted by Gasteiger charge is 2.27. The number of nitrogens with one attached hydrogen (secondary N) is 1. The molecule has 1 aliphatic carbocycles. The van der Waals surface area contributed by atoms with E-state index in [2.05, 4.69) is 35.6 Å². The van der Waals surface area contributed by atoms with Gasteiger partial charge in [-0.05, 0) is 30.5 Å². The first-order chi connectivity index (χ1) is 10.8. The minimum atomic E-state index is 0.342. The molecule has 22 heavy (non-hydrogen) atoms. The van der Waals surface area contributed by atoms with Gasteiger partial charge in [-0.25, -0.2) is 0 Å². The smallest absolute Gasteiger partial charge is 0.0744 e. The molecular weight excluding hydrogens is 292 g/mol. The van der Waals surface area contributed by atoms with Gasteiger partial charge in [0.15, 0.2) is 0 Å². The molecule has 1 fully saturated rings. The van der Waals surface area contributed by atoms with Crippen LogP contribution in [-0.2, 0) is 0 Å². The number of hydrogen-bond acceptors (Lipinski definition) is 2. The minimum Gasteiger partial charge on any atom is -0.382 e. The molecule has 1 aliphatic heterocycles. The molecule has 0 unspecified atom stereocenters. The van der Waals surface area contributed by atoms with Gasteiger partial charge in [0.2, 0.25) is 0 Å². The fraction of sp³-hybridized carbons (Fsp3) is 0.316. The van der Waals surface area contributed by atoms with Crippen molar-refractivity contribution >= 4 is 23.0 Å². The summed E-state index contributed by atoms with van der Waals surface area (Å²) in [5, 5.41) is 4.32. The Labute approximate surface area is 136 Å². The summed E-state index contributed by atoms with van der Waals surface area (Å²) in [6.45, 7) is 0.904. The van der Waals surface area contributed by atoms with E-state index in [1.54, 1.807) is 0 Å². The zero-order chi connectivity index (χ0) is 14.9. The van der Waals surface area contributed by atoms with E-state index >= 15 is 0 Å². The van der Waals surface area contributed by atoms with Gasteiger partial charge in [-0.15, -0.1) is 0 Å². The highest BCUT2D eigenvalue weighted by atomic mass is 35.5. The summed E-state index contributed by atoms with van der Waals surface area (Å²) in [5.41, 5.74) is 4.46. The van der Waals surface area contributed by atoms with Crippen molar-refractivity contribution in [3.05, 3.63) is 64.7 Å². The summed E-state index contributed by atoms with van der Waals surface area (Å²) in [7, 11) is 0. The van der Waals surface area contributed by atoms with Gasteiger partial charge < -0.3 is 5.32 Å². The second-order valence-electron chi connectivity index (χ2n) is 6.25. The van der Waals surface area contributed by atoms with Crippen molar-refractivity contribution in [2.75, 3.05) is 11.9 Å². The molecule has 112 valence electrons. The molecule has 4 rings (SSSR count). The van der Waals surface area contributed by atoms with E-state index in [1.165, 1.54) is 19.3 Å². The molecule has 0 bridgehead atoms. The number of benzene rings is 2. The van der Waals surface area contributed by atoms with Crippen molar-refractivity contribution in [1.82, 2.24) is 0 Å². The summed E-state index contributed by atoms with van der Waals surface area (Å²) < 4.78 is 0. The van der Waals surface area contributed by atoms with Crippen molar-refractivity contribution in [1.29, 1.82) is 0 Å². The quantitative estimate of drug-likeness (QED) is 0.867. The maximum Gasteiger partial charge on any atom is 0.0744 e. The fourth-order valence-electron chi connectivity index (χ4n) is 3.09. The highest BCUT2D eigenvalue weighted by molar-refractivity contribution is 6.31. The Balaban J connectivity index is 1.79. The molecule has 0 saturated heterocycles. The molecule has 2 aliphatic rings. The summed E-state index contributed by atoms with van der Waals surface area (Å²) in [5.74, 6) is 0.873. The van der Waals surface area contributed by atoms with Gasteiger partial charge in [-0.3, -0.25) is 4.99 Å². The third-order valence-corrected chi connectivity index (χ3v) is 4.66. The number of fused-ring (bicyclic) bond motifs is 1. The van der Waals surface area contributed by atoms with Gasteiger partial charge in [0.1, 0.15) is 0 Å². The lowest BCUT2D eigenvalue weighted by Crippen LogP contribution is -2.17. The van der Waals surface area contributed by atoms with Crippen molar-refractivity contribution in [3.8, 4) is 0 Å². The Morgan fingerprint density at radius 3 is 2.68 bits per heavy atom.